The van der Waals surface area contributed by atoms with E-state index in [4.69, 9.17) is 6.11 Å². The summed E-state index contributed by atoms with van der Waals surface area (Å²) in [6.45, 7) is 0.318. The Labute approximate surface area is 39.0 Å². The predicted octanol–water partition coefficient (Wildman–Crippen LogP) is 0.963. The van der Waals surface area contributed by atoms with E-state index in [1.807, 2.05) is 12.2 Å². The standard InChI is InChI=1S/C5H8O/c1-2-4-6-5-3-1/h1-2H,3-5H2/i5D. The van der Waals surface area contributed by atoms with Crippen LogP contribution in [0.4, 0.5) is 0 Å². The quantitative estimate of drug-likeness (QED) is 0.398. The molecule has 0 radical (unpaired) electrons. The molecule has 1 atom stereocenters. The van der Waals surface area contributed by atoms with Crippen LogP contribution in [0.3, 0.4) is 0 Å². The highest BCUT2D eigenvalue weighted by Gasteiger charge is 1.85. The molecule has 0 aliphatic carbocycles. The van der Waals surface area contributed by atoms with Crippen molar-refractivity contribution in [1.82, 2.24) is 0 Å². The maximum Gasteiger partial charge on any atom is 0.0647 e. The van der Waals surface area contributed by atoms with Gasteiger partial charge in [0.1, 0.15) is 0 Å². The Hall–Kier alpha value is -0.300. The lowest BCUT2D eigenvalue weighted by Crippen LogP contribution is -1.96. The molecule has 1 nitrogen and oxygen atoms in total. The molecule has 1 aliphatic heterocycles. The van der Waals surface area contributed by atoms with Crippen molar-refractivity contribution < 1.29 is 6.11 Å². The van der Waals surface area contributed by atoms with Crippen LogP contribution in [0.2, 0.25) is 0 Å². The molecule has 1 heteroatoms. The van der Waals surface area contributed by atoms with Crippen LogP contribution in [-0.2, 0) is 4.74 Å². The second-order valence-corrected chi connectivity index (χ2v) is 1.21. The fraction of sp³-hybridized carbons (Fsp3) is 0.600. The van der Waals surface area contributed by atoms with Crippen LogP contribution in [0.1, 0.15) is 7.79 Å². The SMILES string of the molecule is [2H]C1CC=CCO1. The van der Waals surface area contributed by atoms with Gasteiger partial charge in [0.15, 0.2) is 0 Å². The van der Waals surface area contributed by atoms with Gasteiger partial charge in [0.25, 0.3) is 0 Å². The van der Waals surface area contributed by atoms with Crippen LogP contribution in [0.5, 0.6) is 0 Å². The average Bonchev–Trinajstić information content (AvgIpc) is 1.69. The Balaban J connectivity index is 2.32. The minimum atomic E-state index is -0.301. The lowest BCUT2D eigenvalue weighted by Gasteiger charge is -2.00. The third kappa shape index (κ3) is 0.830. The molecule has 1 aliphatic rings. The first kappa shape index (κ1) is 2.80. The zero-order valence-electron chi connectivity index (χ0n) is 4.55. The van der Waals surface area contributed by atoms with Gasteiger partial charge >= 0.3 is 0 Å². The first-order valence-electron chi connectivity index (χ1n) is 2.66. The largest absolute Gasteiger partial charge is 0.377 e. The summed E-state index contributed by atoms with van der Waals surface area (Å²) in [5.74, 6) is 0. The number of rotatable bonds is 0. The van der Waals surface area contributed by atoms with Crippen molar-refractivity contribution in [1.29, 1.82) is 0 Å². The van der Waals surface area contributed by atoms with E-state index in [0.29, 0.717) is 6.61 Å². The third-order valence-corrected chi connectivity index (χ3v) is 0.709. The average molecular weight is 85.1 g/mol. The summed E-state index contributed by atoms with van der Waals surface area (Å²) in [6.07, 6.45) is 4.66. The lowest BCUT2D eigenvalue weighted by atomic mass is 10.3. The summed E-state index contributed by atoms with van der Waals surface area (Å²) in [4.78, 5) is 0. The third-order valence-electron chi connectivity index (χ3n) is 0.709. The zero-order chi connectivity index (χ0) is 5.11. The van der Waals surface area contributed by atoms with Crippen molar-refractivity contribution in [3.63, 3.8) is 0 Å². The van der Waals surface area contributed by atoms with E-state index < -0.39 is 0 Å². The summed E-state index contributed by atoms with van der Waals surface area (Å²) in [6, 6.07) is 0. The molecular formula is C5H8O. The second-order valence-electron chi connectivity index (χ2n) is 1.21. The Bertz CT molecular complexity index is 80.1. The fourth-order valence-corrected chi connectivity index (χ4v) is 0.411. The Kier molecular flexibility index (Phi) is 0.926. The van der Waals surface area contributed by atoms with Gasteiger partial charge in [-0.1, -0.05) is 12.2 Å². The molecule has 0 aromatic rings. The summed E-state index contributed by atoms with van der Waals surface area (Å²) >= 11 is 0. The normalized spacial score (nSPS) is 36.0. The summed E-state index contributed by atoms with van der Waals surface area (Å²) in [5, 5.41) is 0. The highest BCUT2D eigenvalue weighted by atomic mass is 16.5. The second kappa shape index (κ2) is 1.98. The van der Waals surface area contributed by atoms with Crippen molar-refractivity contribution >= 4 is 0 Å². The van der Waals surface area contributed by atoms with Gasteiger partial charge in [0.05, 0.1) is 14.6 Å². The highest BCUT2D eigenvalue weighted by molar-refractivity contribution is 4.84. The highest BCUT2D eigenvalue weighted by Crippen LogP contribution is 1.91. The van der Waals surface area contributed by atoms with Crippen molar-refractivity contribution in [2.45, 2.75) is 6.42 Å². The van der Waals surface area contributed by atoms with Crippen LogP contribution in [0.25, 0.3) is 0 Å². The molecule has 0 aromatic heterocycles. The Morgan fingerprint density at radius 2 is 2.67 bits per heavy atom. The Morgan fingerprint density at radius 3 is 3.00 bits per heavy atom. The molecule has 1 heterocycles. The minimum absolute atomic E-state index is 0.301. The van der Waals surface area contributed by atoms with Crippen molar-refractivity contribution in [3.05, 3.63) is 12.2 Å². The molecule has 0 spiro atoms. The zero-order valence-corrected chi connectivity index (χ0v) is 3.55. The number of hydrogen-bond acceptors (Lipinski definition) is 1. The van der Waals surface area contributed by atoms with Gasteiger partial charge in [-0.2, -0.15) is 0 Å². The van der Waals surface area contributed by atoms with Crippen LogP contribution in [0, 0.1) is 0 Å². The van der Waals surface area contributed by atoms with Gasteiger partial charge < -0.3 is 4.74 Å². The molecule has 0 aromatic carbocycles. The topological polar surface area (TPSA) is 9.23 Å². The maximum absolute atomic E-state index is 7.00. The molecule has 0 saturated heterocycles. The molecule has 1 unspecified atom stereocenters. The molecule has 0 amide bonds. The first-order valence-corrected chi connectivity index (χ1v) is 2.08. The molecule has 6 heavy (non-hydrogen) atoms. The molecule has 34 valence electrons. The lowest BCUT2D eigenvalue weighted by molar-refractivity contribution is 0.158. The van der Waals surface area contributed by atoms with Crippen LogP contribution in [-0.4, -0.2) is 13.2 Å². The molecule has 0 N–H and O–H groups in total. The predicted molar refractivity (Wildman–Crippen MR) is 24.6 cm³/mol. The van der Waals surface area contributed by atoms with Gasteiger partial charge in [-0.05, 0) is 6.42 Å². The first-order chi connectivity index (χ1) is 3.39. The number of hydrogen-bond donors (Lipinski definition) is 0. The van der Waals surface area contributed by atoms with Gasteiger partial charge in [0, 0.05) is 0 Å². The minimum Gasteiger partial charge on any atom is -0.377 e. The van der Waals surface area contributed by atoms with E-state index in [2.05, 4.69) is 0 Å². The van der Waals surface area contributed by atoms with E-state index in [1.165, 1.54) is 0 Å². The van der Waals surface area contributed by atoms with Crippen LogP contribution in [0.15, 0.2) is 12.2 Å². The van der Waals surface area contributed by atoms with E-state index in [9.17, 15) is 0 Å². The van der Waals surface area contributed by atoms with E-state index in [1.54, 1.807) is 0 Å². The van der Waals surface area contributed by atoms with Crippen molar-refractivity contribution in [2.75, 3.05) is 13.2 Å². The fourth-order valence-electron chi connectivity index (χ4n) is 0.411. The molecule has 0 bridgehead atoms. The van der Waals surface area contributed by atoms with Gasteiger partial charge in [-0.15, -0.1) is 0 Å². The van der Waals surface area contributed by atoms with Gasteiger partial charge in [0.2, 0.25) is 0 Å². The maximum atomic E-state index is 7.00. The van der Waals surface area contributed by atoms with Crippen molar-refractivity contribution in [2.24, 2.45) is 0 Å². The van der Waals surface area contributed by atoms with E-state index in [-0.39, 0.29) is 6.58 Å². The van der Waals surface area contributed by atoms with E-state index >= 15 is 0 Å². The summed E-state index contributed by atoms with van der Waals surface area (Å²) in [7, 11) is 0. The monoisotopic (exact) mass is 85.1 g/mol. The molecule has 0 saturated carbocycles. The summed E-state index contributed by atoms with van der Waals surface area (Å²) in [5.41, 5.74) is 0. The Morgan fingerprint density at radius 1 is 1.67 bits per heavy atom. The van der Waals surface area contributed by atoms with Gasteiger partial charge in [-0.25, -0.2) is 0 Å². The number of ether oxygens (including phenoxy) is 1. The van der Waals surface area contributed by atoms with Crippen LogP contribution < -0.4 is 0 Å². The molecule has 0 fully saturated rings. The smallest absolute Gasteiger partial charge is 0.0647 e. The van der Waals surface area contributed by atoms with Crippen LogP contribution >= 0.6 is 0 Å². The van der Waals surface area contributed by atoms with E-state index in [0.717, 1.165) is 6.42 Å². The summed E-state index contributed by atoms with van der Waals surface area (Å²) < 4.78 is 11.9. The molecule has 1 rings (SSSR count). The molecular weight excluding hydrogens is 76.1 g/mol. The van der Waals surface area contributed by atoms with Gasteiger partial charge in [-0.3, -0.25) is 0 Å². The van der Waals surface area contributed by atoms with Crippen molar-refractivity contribution in [3.8, 4) is 0 Å².